The minimum atomic E-state index is 0.470. The smallest absolute Gasteiger partial charge is 0.121 e. The van der Waals surface area contributed by atoms with E-state index in [-0.39, 0.29) is 0 Å². The number of rotatable bonds is 3. The second-order valence-corrected chi connectivity index (χ2v) is 6.39. The van der Waals surface area contributed by atoms with Crippen molar-refractivity contribution >= 4 is 16.6 Å². The molecule has 1 aromatic heterocycles. The maximum absolute atomic E-state index is 5.54. The Bertz CT molecular complexity index is 661. The van der Waals surface area contributed by atoms with Crippen molar-refractivity contribution in [2.75, 3.05) is 45.2 Å². The van der Waals surface area contributed by atoms with E-state index in [1.54, 1.807) is 7.11 Å². The van der Waals surface area contributed by atoms with Gasteiger partial charge in [-0.15, -0.1) is 0 Å². The van der Waals surface area contributed by atoms with E-state index in [4.69, 9.17) is 4.74 Å². The molecule has 1 aliphatic heterocycles. The van der Waals surface area contributed by atoms with Crippen LogP contribution in [0.4, 0.5) is 5.69 Å². The van der Waals surface area contributed by atoms with Gasteiger partial charge >= 0.3 is 0 Å². The van der Waals surface area contributed by atoms with Gasteiger partial charge in [0.05, 0.1) is 18.3 Å². The molecule has 1 aromatic carbocycles. The summed E-state index contributed by atoms with van der Waals surface area (Å²) in [5, 5.41) is 1.21. The van der Waals surface area contributed by atoms with Gasteiger partial charge in [0.2, 0.25) is 0 Å². The predicted octanol–water partition coefficient (Wildman–Crippen LogP) is 3.12. The van der Waals surface area contributed by atoms with Crippen molar-refractivity contribution in [2.24, 2.45) is 0 Å². The van der Waals surface area contributed by atoms with Crippen LogP contribution in [0.5, 0.6) is 5.75 Å². The molecule has 0 radical (unpaired) electrons. The van der Waals surface area contributed by atoms with Gasteiger partial charge in [-0.05, 0) is 30.7 Å². The van der Waals surface area contributed by atoms with E-state index in [2.05, 4.69) is 53.9 Å². The molecule has 0 aliphatic carbocycles. The first-order chi connectivity index (χ1) is 10.6. The van der Waals surface area contributed by atoms with Gasteiger partial charge in [-0.1, -0.05) is 13.8 Å². The highest BCUT2D eigenvalue weighted by Crippen LogP contribution is 2.35. The van der Waals surface area contributed by atoms with Crippen LogP contribution in [0.1, 0.15) is 25.3 Å². The van der Waals surface area contributed by atoms with E-state index in [0.29, 0.717) is 5.92 Å². The molecule has 3 rings (SSSR count). The first kappa shape index (κ1) is 15.1. The van der Waals surface area contributed by atoms with Crippen molar-refractivity contribution < 1.29 is 4.74 Å². The molecule has 0 amide bonds. The van der Waals surface area contributed by atoms with Gasteiger partial charge in [0.25, 0.3) is 0 Å². The Kier molecular flexibility index (Phi) is 4.21. The number of anilines is 1. The largest absolute Gasteiger partial charge is 0.497 e. The maximum atomic E-state index is 5.54. The molecule has 0 atom stereocenters. The average Bonchev–Trinajstić information content (AvgIpc) is 2.53. The van der Waals surface area contributed by atoms with Crippen molar-refractivity contribution in [3.8, 4) is 5.75 Å². The Hall–Kier alpha value is -1.81. The van der Waals surface area contributed by atoms with E-state index in [1.165, 1.54) is 16.6 Å². The van der Waals surface area contributed by atoms with Gasteiger partial charge in [0, 0.05) is 43.8 Å². The Morgan fingerprint density at radius 3 is 2.50 bits per heavy atom. The maximum Gasteiger partial charge on any atom is 0.121 e. The van der Waals surface area contributed by atoms with Gasteiger partial charge in [-0.2, -0.15) is 0 Å². The number of nitrogens with zero attached hydrogens (tertiary/aromatic N) is 3. The van der Waals surface area contributed by atoms with Crippen LogP contribution in [0.25, 0.3) is 10.9 Å². The number of hydrogen-bond donors (Lipinski definition) is 0. The number of pyridine rings is 1. The number of fused-ring (bicyclic) bond motifs is 1. The summed E-state index contributed by atoms with van der Waals surface area (Å²) < 4.78 is 5.54. The fraction of sp³-hybridized carbons (Fsp3) is 0.500. The lowest BCUT2D eigenvalue weighted by molar-refractivity contribution is 0.313. The summed E-state index contributed by atoms with van der Waals surface area (Å²) in [5.74, 6) is 1.38. The van der Waals surface area contributed by atoms with E-state index in [9.17, 15) is 0 Å². The molecule has 0 spiro atoms. The van der Waals surface area contributed by atoms with Crippen LogP contribution >= 0.6 is 0 Å². The number of piperazine rings is 1. The van der Waals surface area contributed by atoms with Crippen LogP contribution in [0, 0.1) is 0 Å². The third kappa shape index (κ3) is 2.75. The van der Waals surface area contributed by atoms with Crippen LogP contribution in [0.15, 0.2) is 24.4 Å². The normalized spacial score (nSPS) is 16.5. The number of hydrogen-bond acceptors (Lipinski definition) is 4. The number of methoxy groups -OCH3 is 1. The summed E-state index contributed by atoms with van der Waals surface area (Å²) in [5.41, 5.74) is 3.63. The van der Waals surface area contributed by atoms with Crippen LogP contribution in [-0.2, 0) is 0 Å². The first-order valence-corrected chi connectivity index (χ1v) is 8.00. The molecule has 4 heteroatoms. The third-order valence-corrected chi connectivity index (χ3v) is 4.53. The molecule has 22 heavy (non-hydrogen) atoms. The number of likely N-dealkylation sites (N-methyl/N-ethyl adjacent to an activating group) is 1. The minimum absolute atomic E-state index is 0.470. The molecule has 1 aliphatic rings. The molecular formula is C18H25N3O. The number of benzene rings is 1. The second-order valence-electron chi connectivity index (χ2n) is 6.39. The molecule has 0 unspecified atom stereocenters. The van der Waals surface area contributed by atoms with Crippen molar-refractivity contribution in [3.63, 3.8) is 0 Å². The Morgan fingerprint density at radius 1 is 1.14 bits per heavy atom. The van der Waals surface area contributed by atoms with Crippen molar-refractivity contribution in [3.05, 3.63) is 30.0 Å². The van der Waals surface area contributed by atoms with Crippen LogP contribution in [0.2, 0.25) is 0 Å². The zero-order chi connectivity index (χ0) is 15.7. The lowest BCUT2D eigenvalue weighted by Gasteiger charge is -2.34. The first-order valence-electron chi connectivity index (χ1n) is 8.00. The average molecular weight is 299 g/mol. The summed E-state index contributed by atoms with van der Waals surface area (Å²) in [7, 11) is 3.91. The van der Waals surface area contributed by atoms with Gasteiger partial charge in [0.15, 0.2) is 0 Å². The van der Waals surface area contributed by atoms with Gasteiger partial charge in [-0.25, -0.2) is 0 Å². The van der Waals surface area contributed by atoms with Crippen LogP contribution in [-0.4, -0.2) is 50.2 Å². The molecular weight excluding hydrogens is 274 g/mol. The van der Waals surface area contributed by atoms with Gasteiger partial charge in [0.1, 0.15) is 5.75 Å². The molecule has 0 bridgehead atoms. The van der Waals surface area contributed by atoms with E-state index < -0.39 is 0 Å². The second kappa shape index (κ2) is 6.13. The zero-order valence-corrected chi connectivity index (χ0v) is 14.0. The summed E-state index contributed by atoms with van der Waals surface area (Å²) in [6.07, 6.45) is 1.93. The summed E-state index contributed by atoms with van der Waals surface area (Å²) in [6, 6.07) is 6.38. The van der Waals surface area contributed by atoms with Gasteiger partial charge < -0.3 is 14.5 Å². The molecule has 0 N–H and O–H groups in total. The highest BCUT2D eigenvalue weighted by molar-refractivity contribution is 5.94. The Balaban J connectivity index is 2.14. The lowest BCUT2D eigenvalue weighted by Crippen LogP contribution is -2.44. The molecule has 0 saturated carbocycles. The molecule has 2 heterocycles. The standard InChI is InChI=1S/C18H25N3O/c1-13(2)15-5-6-19-18-16(15)11-14(22-4)12-17(18)21-9-7-20(3)8-10-21/h5-6,11-13H,7-10H2,1-4H3. The van der Waals surface area contributed by atoms with E-state index in [1.807, 2.05) is 6.20 Å². The Labute approximate surface area is 132 Å². The van der Waals surface area contributed by atoms with Gasteiger partial charge in [-0.3, -0.25) is 4.98 Å². The highest BCUT2D eigenvalue weighted by Gasteiger charge is 2.19. The zero-order valence-electron chi connectivity index (χ0n) is 14.0. The lowest BCUT2D eigenvalue weighted by atomic mass is 9.98. The molecule has 4 nitrogen and oxygen atoms in total. The monoisotopic (exact) mass is 299 g/mol. The Morgan fingerprint density at radius 2 is 1.86 bits per heavy atom. The molecule has 118 valence electrons. The topological polar surface area (TPSA) is 28.6 Å². The van der Waals surface area contributed by atoms with E-state index >= 15 is 0 Å². The highest BCUT2D eigenvalue weighted by atomic mass is 16.5. The number of ether oxygens (including phenoxy) is 1. The molecule has 1 fully saturated rings. The van der Waals surface area contributed by atoms with Crippen molar-refractivity contribution in [1.29, 1.82) is 0 Å². The number of aromatic nitrogens is 1. The molecule has 2 aromatic rings. The SMILES string of the molecule is COc1cc(N2CCN(C)CC2)c2nccc(C(C)C)c2c1. The predicted molar refractivity (Wildman–Crippen MR) is 92.1 cm³/mol. The van der Waals surface area contributed by atoms with Crippen molar-refractivity contribution in [1.82, 2.24) is 9.88 Å². The van der Waals surface area contributed by atoms with Crippen molar-refractivity contribution in [2.45, 2.75) is 19.8 Å². The fourth-order valence-corrected chi connectivity index (χ4v) is 3.14. The third-order valence-electron chi connectivity index (χ3n) is 4.53. The summed E-state index contributed by atoms with van der Waals surface area (Å²) in [6.45, 7) is 8.69. The quantitative estimate of drug-likeness (QED) is 0.870. The van der Waals surface area contributed by atoms with Crippen LogP contribution in [0.3, 0.4) is 0 Å². The fourth-order valence-electron chi connectivity index (χ4n) is 3.14. The van der Waals surface area contributed by atoms with Crippen LogP contribution < -0.4 is 9.64 Å². The van der Waals surface area contributed by atoms with E-state index in [0.717, 1.165) is 37.4 Å². The minimum Gasteiger partial charge on any atom is -0.497 e. The summed E-state index contributed by atoms with van der Waals surface area (Å²) >= 11 is 0. The summed E-state index contributed by atoms with van der Waals surface area (Å²) in [4.78, 5) is 9.48. The molecule has 1 saturated heterocycles.